The van der Waals surface area contributed by atoms with E-state index in [9.17, 15) is 0 Å². The van der Waals surface area contributed by atoms with E-state index in [0.29, 0.717) is 6.04 Å². The Labute approximate surface area is 124 Å². The van der Waals surface area contributed by atoms with Crippen LogP contribution in [0.1, 0.15) is 37.1 Å². The van der Waals surface area contributed by atoms with Crippen molar-refractivity contribution in [3.8, 4) is 0 Å². The predicted octanol–water partition coefficient (Wildman–Crippen LogP) is 3.84. The zero-order chi connectivity index (χ0) is 13.8. The van der Waals surface area contributed by atoms with Crippen molar-refractivity contribution >= 4 is 16.7 Å². The smallest absolute Gasteiger partial charge is 0.205 e. The van der Waals surface area contributed by atoms with E-state index in [1.165, 1.54) is 37.7 Å². The molecule has 0 bridgehead atoms. The summed E-state index contributed by atoms with van der Waals surface area (Å²) in [7, 11) is 0. The summed E-state index contributed by atoms with van der Waals surface area (Å²) in [5.41, 5.74) is 1.45. The first-order chi connectivity index (χ1) is 9.83. The number of hydrogen-bond acceptors (Lipinski definition) is 4. The van der Waals surface area contributed by atoms with Gasteiger partial charge in [-0.1, -0.05) is 30.3 Å². The van der Waals surface area contributed by atoms with Gasteiger partial charge >= 0.3 is 0 Å². The first kappa shape index (κ1) is 13.6. The number of aryl methyl sites for hydroxylation is 2. The van der Waals surface area contributed by atoms with E-state index < -0.39 is 0 Å². The second kappa shape index (κ2) is 6.35. The third kappa shape index (κ3) is 3.18. The summed E-state index contributed by atoms with van der Waals surface area (Å²) < 4.78 is 4.31. The molecule has 2 aromatic rings. The Morgan fingerprint density at radius 1 is 1.30 bits per heavy atom. The SMILES string of the molecule is Cc1nsc(N2CCCC2CCCc2ccccc2)n1. The Balaban J connectivity index is 1.54. The van der Waals surface area contributed by atoms with Crippen LogP contribution in [-0.2, 0) is 6.42 Å². The lowest BCUT2D eigenvalue weighted by molar-refractivity contribution is 0.579. The zero-order valence-corrected chi connectivity index (χ0v) is 12.8. The lowest BCUT2D eigenvalue weighted by Crippen LogP contribution is -2.29. The lowest BCUT2D eigenvalue weighted by atomic mass is 10.0. The van der Waals surface area contributed by atoms with Crippen molar-refractivity contribution < 1.29 is 0 Å². The maximum atomic E-state index is 4.54. The average molecular weight is 287 g/mol. The molecule has 1 aromatic carbocycles. The second-order valence-corrected chi connectivity index (χ2v) is 6.22. The Kier molecular flexibility index (Phi) is 4.31. The second-order valence-electron chi connectivity index (χ2n) is 5.49. The van der Waals surface area contributed by atoms with Gasteiger partial charge in [0.15, 0.2) is 0 Å². The fraction of sp³-hybridized carbons (Fsp3) is 0.500. The lowest BCUT2D eigenvalue weighted by Gasteiger charge is -2.23. The molecule has 0 amide bonds. The quantitative estimate of drug-likeness (QED) is 0.836. The van der Waals surface area contributed by atoms with Gasteiger partial charge in [-0.05, 0) is 44.6 Å². The molecule has 0 N–H and O–H groups in total. The fourth-order valence-electron chi connectivity index (χ4n) is 2.98. The van der Waals surface area contributed by atoms with Crippen LogP contribution < -0.4 is 4.90 Å². The van der Waals surface area contributed by atoms with Gasteiger partial charge in [0.2, 0.25) is 5.13 Å². The number of rotatable bonds is 5. The summed E-state index contributed by atoms with van der Waals surface area (Å²) >= 11 is 1.55. The molecule has 1 unspecified atom stereocenters. The molecule has 0 aliphatic carbocycles. The van der Waals surface area contributed by atoms with Crippen LogP contribution in [0, 0.1) is 6.92 Å². The van der Waals surface area contributed by atoms with Crippen molar-refractivity contribution in [3.05, 3.63) is 41.7 Å². The van der Waals surface area contributed by atoms with Gasteiger partial charge in [0.1, 0.15) is 5.82 Å². The highest BCUT2D eigenvalue weighted by molar-refractivity contribution is 7.09. The first-order valence-electron chi connectivity index (χ1n) is 7.44. The summed E-state index contributed by atoms with van der Waals surface area (Å²) in [6.07, 6.45) is 6.28. The van der Waals surface area contributed by atoms with E-state index in [2.05, 4.69) is 44.6 Å². The van der Waals surface area contributed by atoms with Gasteiger partial charge in [-0.3, -0.25) is 0 Å². The molecule has 20 heavy (non-hydrogen) atoms. The molecule has 0 spiro atoms. The molecule has 1 saturated heterocycles. The van der Waals surface area contributed by atoms with Crippen LogP contribution in [0.5, 0.6) is 0 Å². The first-order valence-corrected chi connectivity index (χ1v) is 8.21. The van der Waals surface area contributed by atoms with Crippen LogP contribution in [-0.4, -0.2) is 21.9 Å². The summed E-state index contributed by atoms with van der Waals surface area (Å²) in [6, 6.07) is 11.4. The van der Waals surface area contributed by atoms with Gasteiger partial charge in [0.25, 0.3) is 0 Å². The maximum absolute atomic E-state index is 4.54. The summed E-state index contributed by atoms with van der Waals surface area (Å²) in [5.74, 6) is 0.903. The molecule has 1 atom stereocenters. The highest BCUT2D eigenvalue weighted by Gasteiger charge is 2.26. The molecule has 1 aliphatic heterocycles. The highest BCUT2D eigenvalue weighted by atomic mass is 32.1. The molecule has 0 radical (unpaired) electrons. The predicted molar refractivity (Wildman–Crippen MR) is 84.4 cm³/mol. The van der Waals surface area contributed by atoms with Crippen LogP contribution in [0.15, 0.2) is 30.3 Å². The molecule has 2 heterocycles. The molecule has 1 aliphatic rings. The number of benzene rings is 1. The van der Waals surface area contributed by atoms with E-state index in [1.54, 1.807) is 11.5 Å². The Hall–Kier alpha value is -1.42. The van der Waals surface area contributed by atoms with Gasteiger partial charge in [-0.15, -0.1) is 0 Å². The summed E-state index contributed by atoms with van der Waals surface area (Å²) in [5, 5.41) is 1.12. The number of nitrogens with zero attached hydrogens (tertiary/aromatic N) is 3. The van der Waals surface area contributed by atoms with Crippen LogP contribution in [0.4, 0.5) is 5.13 Å². The van der Waals surface area contributed by atoms with Crippen molar-refractivity contribution in [3.63, 3.8) is 0 Å². The number of hydrogen-bond donors (Lipinski definition) is 0. The topological polar surface area (TPSA) is 29.0 Å². The van der Waals surface area contributed by atoms with Crippen LogP contribution in [0.3, 0.4) is 0 Å². The van der Waals surface area contributed by atoms with Gasteiger partial charge < -0.3 is 4.90 Å². The molecule has 3 nitrogen and oxygen atoms in total. The van der Waals surface area contributed by atoms with Crippen LogP contribution in [0.2, 0.25) is 0 Å². The van der Waals surface area contributed by atoms with Gasteiger partial charge in [0, 0.05) is 24.1 Å². The molecule has 1 fully saturated rings. The van der Waals surface area contributed by atoms with Gasteiger partial charge in [-0.2, -0.15) is 4.37 Å². The van der Waals surface area contributed by atoms with Crippen molar-refractivity contribution in [2.75, 3.05) is 11.4 Å². The van der Waals surface area contributed by atoms with Gasteiger partial charge in [-0.25, -0.2) is 4.98 Å². The Morgan fingerprint density at radius 3 is 2.90 bits per heavy atom. The van der Waals surface area contributed by atoms with Crippen LogP contribution in [0.25, 0.3) is 0 Å². The maximum Gasteiger partial charge on any atom is 0.205 e. The number of aromatic nitrogens is 2. The third-order valence-corrected chi connectivity index (χ3v) is 4.83. The Bertz CT molecular complexity index is 538. The van der Waals surface area contributed by atoms with Crippen molar-refractivity contribution in [1.29, 1.82) is 0 Å². The standard InChI is InChI=1S/C16H21N3S/c1-13-17-16(20-18-13)19-12-6-11-15(19)10-5-9-14-7-3-2-4-8-14/h2-4,7-8,15H,5-6,9-12H2,1H3. The third-order valence-electron chi connectivity index (χ3n) is 3.99. The molecular formula is C16H21N3S. The minimum Gasteiger partial charge on any atom is -0.344 e. The van der Waals surface area contributed by atoms with E-state index >= 15 is 0 Å². The average Bonchev–Trinajstić information content (AvgIpc) is 3.09. The molecule has 1 aromatic heterocycles. The molecule has 3 rings (SSSR count). The molecule has 4 heteroatoms. The van der Waals surface area contributed by atoms with Crippen molar-refractivity contribution in [2.24, 2.45) is 0 Å². The molecule has 0 saturated carbocycles. The fourth-order valence-corrected chi connectivity index (χ4v) is 3.75. The van der Waals surface area contributed by atoms with E-state index in [4.69, 9.17) is 0 Å². The largest absolute Gasteiger partial charge is 0.344 e. The Morgan fingerprint density at radius 2 is 2.15 bits per heavy atom. The highest BCUT2D eigenvalue weighted by Crippen LogP contribution is 2.29. The van der Waals surface area contributed by atoms with E-state index in [1.807, 2.05) is 6.92 Å². The van der Waals surface area contributed by atoms with Crippen molar-refractivity contribution in [2.45, 2.75) is 45.1 Å². The molecule has 106 valence electrons. The monoisotopic (exact) mass is 287 g/mol. The van der Waals surface area contributed by atoms with E-state index in [-0.39, 0.29) is 0 Å². The summed E-state index contributed by atoms with van der Waals surface area (Å²) in [6.45, 7) is 3.12. The minimum atomic E-state index is 0.658. The normalized spacial score (nSPS) is 18.6. The van der Waals surface area contributed by atoms with Crippen molar-refractivity contribution in [1.82, 2.24) is 9.36 Å². The van der Waals surface area contributed by atoms with Gasteiger partial charge in [0.05, 0.1) is 0 Å². The zero-order valence-electron chi connectivity index (χ0n) is 12.0. The minimum absolute atomic E-state index is 0.658. The molecular weight excluding hydrogens is 266 g/mol. The summed E-state index contributed by atoms with van der Waals surface area (Å²) in [4.78, 5) is 7.01. The van der Waals surface area contributed by atoms with E-state index in [0.717, 1.165) is 17.5 Å². The van der Waals surface area contributed by atoms with Crippen LogP contribution >= 0.6 is 11.5 Å². The number of anilines is 1.